The Bertz CT molecular complexity index is 391. The molecule has 0 aliphatic carbocycles. The Morgan fingerprint density at radius 3 is 1.60 bits per heavy atom. The second kappa shape index (κ2) is 8.57. The first-order valence-corrected chi connectivity index (χ1v) is 6.74. The van der Waals surface area contributed by atoms with Crippen LogP contribution in [0.25, 0.3) is 0 Å². The van der Waals surface area contributed by atoms with Crippen LogP contribution in [-0.2, 0) is 19.2 Å². The number of amides is 3. The average Bonchev–Trinajstić information content (AvgIpc) is 2.38. The van der Waals surface area contributed by atoms with E-state index in [1.807, 2.05) is 0 Å². The molecule has 0 atom stereocenters. The van der Waals surface area contributed by atoms with Gasteiger partial charge in [0.2, 0.25) is 17.7 Å². The number of Topliss-reactive ketones (excluding diaryl/α,β-unsaturated/α-hetero) is 1. The van der Waals surface area contributed by atoms with Crippen molar-refractivity contribution in [2.45, 2.75) is 20.8 Å². The summed E-state index contributed by atoms with van der Waals surface area (Å²) in [5.74, 6) is -1.43. The average molecular weight is 303 g/mol. The minimum Gasteiger partial charge on any atom is -0.347 e. The zero-order chi connectivity index (χ0) is 15.8. The predicted octanol–water partition coefficient (Wildman–Crippen LogP) is -1.12. The normalized spacial score (nSPS) is 10.6. The van der Waals surface area contributed by atoms with Crippen LogP contribution in [0.5, 0.6) is 0 Å². The van der Waals surface area contributed by atoms with Gasteiger partial charge in [-0.25, -0.2) is 0 Å². The van der Waals surface area contributed by atoms with Crippen molar-refractivity contribution in [2.75, 3.05) is 25.4 Å². The van der Waals surface area contributed by atoms with E-state index >= 15 is 0 Å². The number of rotatable bonds is 7. The summed E-state index contributed by atoms with van der Waals surface area (Å²) in [5.41, 5.74) is -0.520. The molecule has 0 heterocycles. The molecule has 0 fully saturated rings. The predicted molar refractivity (Wildman–Crippen MR) is 77.3 cm³/mol. The quantitative estimate of drug-likeness (QED) is 0.447. The molecule has 7 nitrogen and oxygen atoms in total. The molecule has 0 aromatic heterocycles. The van der Waals surface area contributed by atoms with Gasteiger partial charge in [0.25, 0.3) is 0 Å². The van der Waals surface area contributed by atoms with Gasteiger partial charge in [-0.3, -0.25) is 19.2 Å². The fraction of sp³-hybridized carbons (Fsp3) is 0.667. The molecule has 0 rings (SSSR count). The van der Waals surface area contributed by atoms with E-state index in [-0.39, 0.29) is 37.1 Å². The third-order valence-corrected chi connectivity index (χ3v) is 2.61. The maximum atomic E-state index is 11.6. The third-order valence-electron chi connectivity index (χ3n) is 2.32. The molecule has 3 amide bonds. The summed E-state index contributed by atoms with van der Waals surface area (Å²) in [6.45, 7) is 4.74. The number of nitrogens with one attached hydrogen (secondary N) is 3. The van der Waals surface area contributed by atoms with E-state index in [4.69, 9.17) is 0 Å². The third kappa shape index (κ3) is 8.52. The first-order chi connectivity index (χ1) is 9.16. The van der Waals surface area contributed by atoms with Crippen molar-refractivity contribution in [2.24, 2.45) is 5.41 Å². The smallest absolute Gasteiger partial charge is 0.239 e. The summed E-state index contributed by atoms with van der Waals surface area (Å²) in [4.78, 5) is 45.1. The van der Waals surface area contributed by atoms with Crippen LogP contribution < -0.4 is 16.0 Å². The first kappa shape index (κ1) is 18.4. The van der Waals surface area contributed by atoms with E-state index in [1.54, 1.807) is 20.8 Å². The van der Waals surface area contributed by atoms with Gasteiger partial charge in [0.05, 0.1) is 25.4 Å². The van der Waals surface area contributed by atoms with Crippen LogP contribution in [0.3, 0.4) is 0 Å². The van der Waals surface area contributed by atoms with Gasteiger partial charge in [0.1, 0.15) is 0 Å². The van der Waals surface area contributed by atoms with E-state index in [0.29, 0.717) is 0 Å². The first-order valence-electron chi connectivity index (χ1n) is 6.11. The number of ketones is 1. The Morgan fingerprint density at radius 1 is 0.800 bits per heavy atom. The number of hydrogen-bond acceptors (Lipinski definition) is 5. The zero-order valence-corrected chi connectivity index (χ0v) is 12.8. The lowest BCUT2D eigenvalue weighted by molar-refractivity contribution is -0.129. The van der Waals surface area contributed by atoms with E-state index in [2.05, 4.69) is 28.6 Å². The molecule has 0 saturated carbocycles. The molecule has 0 saturated heterocycles. The molecule has 20 heavy (non-hydrogen) atoms. The number of hydrogen-bond donors (Lipinski definition) is 4. The molecule has 0 aromatic rings. The monoisotopic (exact) mass is 303 g/mol. The van der Waals surface area contributed by atoms with Gasteiger partial charge < -0.3 is 16.0 Å². The van der Waals surface area contributed by atoms with Crippen molar-refractivity contribution in [3.8, 4) is 0 Å². The lowest BCUT2D eigenvalue weighted by Crippen LogP contribution is -2.44. The summed E-state index contributed by atoms with van der Waals surface area (Å²) < 4.78 is 0. The summed E-state index contributed by atoms with van der Waals surface area (Å²) in [6.07, 6.45) is 0. The molecule has 0 unspecified atom stereocenters. The van der Waals surface area contributed by atoms with Crippen LogP contribution in [0, 0.1) is 5.41 Å². The van der Waals surface area contributed by atoms with Crippen molar-refractivity contribution in [3.05, 3.63) is 0 Å². The zero-order valence-electron chi connectivity index (χ0n) is 11.9. The minimum atomic E-state index is -0.520. The van der Waals surface area contributed by atoms with Crippen molar-refractivity contribution in [1.29, 1.82) is 0 Å². The summed E-state index contributed by atoms with van der Waals surface area (Å²) >= 11 is 3.73. The largest absolute Gasteiger partial charge is 0.347 e. The summed E-state index contributed by atoms with van der Waals surface area (Å²) in [5, 5.41) is 7.05. The molecular formula is C12H21N3O4S. The van der Waals surface area contributed by atoms with Gasteiger partial charge in [0.15, 0.2) is 5.78 Å². The Kier molecular flexibility index (Phi) is 7.90. The molecule has 0 bridgehead atoms. The van der Waals surface area contributed by atoms with Gasteiger partial charge in [-0.1, -0.05) is 20.8 Å². The fourth-order valence-corrected chi connectivity index (χ4v) is 1.09. The summed E-state index contributed by atoms with van der Waals surface area (Å²) in [6, 6.07) is 0. The summed E-state index contributed by atoms with van der Waals surface area (Å²) in [7, 11) is 0. The number of carbonyl (C=O) groups excluding carboxylic acids is 4. The lowest BCUT2D eigenvalue weighted by Gasteiger charge is -2.16. The molecule has 0 aromatic carbocycles. The van der Waals surface area contributed by atoms with Crippen LogP contribution >= 0.6 is 12.6 Å². The van der Waals surface area contributed by atoms with Crippen molar-refractivity contribution >= 4 is 36.1 Å². The van der Waals surface area contributed by atoms with Crippen LogP contribution in [0.15, 0.2) is 0 Å². The fourth-order valence-electron chi connectivity index (χ4n) is 0.983. The Labute approximate surface area is 123 Å². The number of thiol groups is 1. The van der Waals surface area contributed by atoms with Crippen molar-refractivity contribution < 1.29 is 19.2 Å². The second-order valence-electron chi connectivity index (χ2n) is 5.16. The van der Waals surface area contributed by atoms with Crippen molar-refractivity contribution in [1.82, 2.24) is 16.0 Å². The highest BCUT2D eigenvalue weighted by atomic mass is 32.1. The van der Waals surface area contributed by atoms with E-state index in [0.717, 1.165) is 0 Å². The van der Waals surface area contributed by atoms with Gasteiger partial charge in [-0.05, 0) is 0 Å². The van der Waals surface area contributed by atoms with Crippen molar-refractivity contribution in [3.63, 3.8) is 0 Å². The molecule has 8 heteroatoms. The van der Waals surface area contributed by atoms with Gasteiger partial charge in [-0.15, -0.1) is 0 Å². The highest BCUT2D eigenvalue weighted by Crippen LogP contribution is 2.13. The maximum Gasteiger partial charge on any atom is 0.239 e. The van der Waals surface area contributed by atoms with E-state index in [9.17, 15) is 19.2 Å². The van der Waals surface area contributed by atoms with E-state index in [1.165, 1.54) is 0 Å². The standard InChI is InChI=1S/C12H21N3O4S/c1-12(2,3)8(16)4-13-9(17)5-14-10(18)6-15-11(19)7-20/h20H,4-7H2,1-3H3,(H,13,17)(H,14,18)(H,15,19). The topological polar surface area (TPSA) is 104 Å². The molecule has 0 aliphatic rings. The maximum absolute atomic E-state index is 11.6. The van der Waals surface area contributed by atoms with Crippen LogP contribution in [0.1, 0.15) is 20.8 Å². The molecule has 0 aliphatic heterocycles. The van der Waals surface area contributed by atoms with E-state index < -0.39 is 17.2 Å². The highest BCUT2D eigenvalue weighted by Gasteiger charge is 2.21. The molecule has 0 radical (unpaired) electrons. The van der Waals surface area contributed by atoms with Crippen LogP contribution in [-0.4, -0.2) is 48.9 Å². The second-order valence-corrected chi connectivity index (χ2v) is 5.48. The lowest BCUT2D eigenvalue weighted by atomic mass is 9.91. The van der Waals surface area contributed by atoms with Gasteiger partial charge in [-0.2, -0.15) is 12.6 Å². The molecule has 0 spiro atoms. The Hall–Kier alpha value is -1.57. The molecular weight excluding hydrogens is 282 g/mol. The van der Waals surface area contributed by atoms with Crippen LogP contribution in [0.2, 0.25) is 0 Å². The molecule has 3 N–H and O–H groups in total. The Morgan fingerprint density at radius 2 is 1.20 bits per heavy atom. The molecule has 114 valence electrons. The number of carbonyl (C=O) groups is 4. The minimum absolute atomic E-state index is 0.0112. The van der Waals surface area contributed by atoms with Gasteiger partial charge in [0, 0.05) is 5.41 Å². The SMILES string of the molecule is CC(C)(C)C(=O)CNC(=O)CNC(=O)CNC(=O)CS. The Balaban J connectivity index is 3.86. The van der Waals surface area contributed by atoms with Gasteiger partial charge >= 0.3 is 0 Å². The highest BCUT2D eigenvalue weighted by molar-refractivity contribution is 7.81. The van der Waals surface area contributed by atoms with Crippen LogP contribution in [0.4, 0.5) is 0 Å².